The second-order valence-corrected chi connectivity index (χ2v) is 2.56. The van der Waals surface area contributed by atoms with Crippen LogP contribution in [0.25, 0.3) is 0 Å². The molecule has 0 bridgehead atoms. The quantitative estimate of drug-likeness (QED) is 0.597. The van der Waals surface area contributed by atoms with Crippen molar-refractivity contribution >= 4 is 0 Å². The Morgan fingerprint density at radius 3 is 2.82 bits per heavy atom. The van der Waals surface area contributed by atoms with Crippen molar-refractivity contribution in [3.05, 3.63) is 35.4 Å². The molecule has 0 spiro atoms. The van der Waals surface area contributed by atoms with Gasteiger partial charge in [0.25, 0.3) is 0 Å². The molecule has 56 valence electrons. The maximum atomic E-state index is 5.63. The zero-order chi connectivity index (χ0) is 8.27. The van der Waals surface area contributed by atoms with Crippen LogP contribution >= 0.6 is 0 Å². The number of hydrogen-bond acceptors (Lipinski definition) is 1. The molecule has 0 heterocycles. The van der Waals surface area contributed by atoms with E-state index in [-0.39, 0.29) is 6.04 Å². The minimum absolute atomic E-state index is 0.269. The Hall–Kier alpha value is -1.26. The summed E-state index contributed by atoms with van der Waals surface area (Å²) in [5.74, 6) is 2.49. The molecule has 1 rings (SSSR count). The topological polar surface area (TPSA) is 26.0 Å². The lowest BCUT2D eigenvalue weighted by Crippen LogP contribution is -2.06. The third kappa shape index (κ3) is 1.83. The highest BCUT2D eigenvalue weighted by Crippen LogP contribution is 2.10. The Bertz CT molecular complexity index is 283. The molecule has 1 heteroatoms. The lowest BCUT2D eigenvalue weighted by atomic mass is 10.1. The van der Waals surface area contributed by atoms with Crippen LogP contribution in [0.1, 0.15) is 17.2 Å². The van der Waals surface area contributed by atoms with Gasteiger partial charge < -0.3 is 5.73 Å². The van der Waals surface area contributed by atoms with Crippen molar-refractivity contribution < 1.29 is 0 Å². The number of aryl methyl sites for hydroxylation is 1. The summed E-state index contributed by atoms with van der Waals surface area (Å²) in [6.07, 6.45) is 5.18. The van der Waals surface area contributed by atoms with Gasteiger partial charge in [-0.05, 0) is 12.5 Å². The van der Waals surface area contributed by atoms with E-state index in [2.05, 4.69) is 5.92 Å². The van der Waals surface area contributed by atoms with Gasteiger partial charge in [0, 0.05) is 0 Å². The summed E-state index contributed by atoms with van der Waals surface area (Å²) in [5, 5.41) is 0. The zero-order valence-electron chi connectivity index (χ0n) is 6.54. The van der Waals surface area contributed by atoms with Crippen LogP contribution in [0.4, 0.5) is 0 Å². The van der Waals surface area contributed by atoms with E-state index < -0.39 is 0 Å². The summed E-state index contributed by atoms with van der Waals surface area (Å²) in [6, 6.07) is 7.66. The number of terminal acetylenes is 1. The number of hydrogen-bond donors (Lipinski definition) is 1. The van der Waals surface area contributed by atoms with E-state index in [1.165, 1.54) is 5.56 Å². The molecule has 2 N–H and O–H groups in total. The fourth-order valence-electron chi connectivity index (χ4n) is 0.960. The van der Waals surface area contributed by atoms with Crippen LogP contribution in [0.3, 0.4) is 0 Å². The van der Waals surface area contributed by atoms with Crippen molar-refractivity contribution in [2.75, 3.05) is 0 Å². The SMILES string of the molecule is C#C[C@H](N)c1cccc(C)c1. The second-order valence-electron chi connectivity index (χ2n) is 2.56. The van der Waals surface area contributed by atoms with Gasteiger partial charge in [0.2, 0.25) is 0 Å². The molecule has 11 heavy (non-hydrogen) atoms. The van der Waals surface area contributed by atoms with Crippen LogP contribution in [-0.4, -0.2) is 0 Å². The second kappa shape index (κ2) is 3.23. The fourth-order valence-corrected chi connectivity index (χ4v) is 0.960. The summed E-state index contributed by atoms with van der Waals surface area (Å²) in [4.78, 5) is 0. The van der Waals surface area contributed by atoms with E-state index in [4.69, 9.17) is 12.2 Å². The van der Waals surface area contributed by atoms with Crippen LogP contribution in [0.15, 0.2) is 24.3 Å². The first-order valence-corrected chi connectivity index (χ1v) is 3.52. The molecule has 0 saturated heterocycles. The molecule has 0 aliphatic rings. The van der Waals surface area contributed by atoms with Gasteiger partial charge in [0.1, 0.15) is 0 Å². The maximum absolute atomic E-state index is 5.63. The Labute approximate surface area is 67.2 Å². The Kier molecular flexibility index (Phi) is 2.30. The number of rotatable bonds is 1. The van der Waals surface area contributed by atoms with Gasteiger partial charge in [-0.2, -0.15) is 0 Å². The van der Waals surface area contributed by atoms with E-state index in [9.17, 15) is 0 Å². The first-order valence-electron chi connectivity index (χ1n) is 3.52. The molecule has 1 aromatic carbocycles. The molecular formula is C10H11N. The first kappa shape index (κ1) is 7.84. The molecule has 0 fully saturated rings. The van der Waals surface area contributed by atoms with Crippen LogP contribution in [0, 0.1) is 19.3 Å². The highest BCUT2D eigenvalue weighted by atomic mass is 14.6. The molecule has 1 nitrogen and oxygen atoms in total. The van der Waals surface area contributed by atoms with Crippen LogP contribution in [-0.2, 0) is 0 Å². The molecule has 0 amide bonds. The third-order valence-electron chi connectivity index (χ3n) is 1.58. The fraction of sp³-hybridized carbons (Fsp3) is 0.200. The normalized spacial score (nSPS) is 12.1. The van der Waals surface area contributed by atoms with Crippen molar-refractivity contribution in [1.29, 1.82) is 0 Å². The lowest BCUT2D eigenvalue weighted by molar-refractivity contribution is 0.944. The summed E-state index contributed by atoms with van der Waals surface area (Å²) >= 11 is 0. The van der Waals surface area contributed by atoms with Gasteiger partial charge in [-0.1, -0.05) is 35.7 Å². The summed E-state index contributed by atoms with van der Waals surface area (Å²) in [7, 11) is 0. The molecule has 0 aliphatic carbocycles. The average Bonchev–Trinajstić information content (AvgIpc) is 2.03. The van der Waals surface area contributed by atoms with Crippen molar-refractivity contribution in [3.8, 4) is 12.3 Å². The lowest BCUT2D eigenvalue weighted by Gasteiger charge is -2.04. The standard InChI is InChI=1S/C10H11N/c1-3-10(11)9-6-4-5-8(2)7-9/h1,4-7,10H,11H2,2H3/t10-/m0/s1. The van der Waals surface area contributed by atoms with Crippen molar-refractivity contribution in [2.24, 2.45) is 5.73 Å². The minimum atomic E-state index is -0.269. The minimum Gasteiger partial charge on any atom is -0.314 e. The van der Waals surface area contributed by atoms with E-state index in [0.29, 0.717) is 0 Å². The molecule has 0 saturated carbocycles. The van der Waals surface area contributed by atoms with Gasteiger partial charge >= 0.3 is 0 Å². The molecule has 0 aromatic heterocycles. The van der Waals surface area contributed by atoms with Crippen LogP contribution < -0.4 is 5.73 Å². The average molecular weight is 145 g/mol. The first-order chi connectivity index (χ1) is 5.24. The van der Waals surface area contributed by atoms with Crippen molar-refractivity contribution in [2.45, 2.75) is 13.0 Å². The smallest absolute Gasteiger partial charge is 0.0918 e. The highest BCUT2D eigenvalue weighted by Gasteiger charge is 1.99. The Balaban J connectivity index is 2.98. The van der Waals surface area contributed by atoms with Gasteiger partial charge in [-0.3, -0.25) is 0 Å². The van der Waals surface area contributed by atoms with Crippen LogP contribution in [0.2, 0.25) is 0 Å². The molecule has 0 unspecified atom stereocenters. The number of benzene rings is 1. The predicted molar refractivity (Wildman–Crippen MR) is 46.9 cm³/mol. The molecular weight excluding hydrogens is 134 g/mol. The van der Waals surface area contributed by atoms with Crippen molar-refractivity contribution in [1.82, 2.24) is 0 Å². The van der Waals surface area contributed by atoms with E-state index in [1.54, 1.807) is 0 Å². The largest absolute Gasteiger partial charge is 0.314 e. The van der Waals surface area contributed by atoms with Crippen LogP contribution in [0.5, 0.6) is 0 Å². The monoisotopic (exact) mass is 145 g/mol. The summed E-state index contributed by atoms with van der Waals surface area (Å²) in [5.41, 5.74) is 7.82. The molecule has 0 radical (unpaired) electrons. The summed E-state index contributed by atoms with van der Waals surface area (Å²) in [6.45, 7) is 2.02. The Morgan fingerprint density at radius 1 is 1.55 bits per heavy atom. The third-order valence-corrected chi connectivity index (χ3v) is 1.58. The zero-order valence-corrected chi connectivity index (χ0v) is 6.54. The molecule has 1 atom stereocenters. The summed E-state index contributed by atoms with van der Waals surface area (Å²) < 4.78 is 0. The Morgan fingerprint density at radius 2 is 2.27 bits per heavy atom. The van der Waals surface area contributed by atoms with Gasteiger partial charge in [0.05, 0.1) is 6.04 Å². The highest BCUT2D eigenvalue weighted by molar-refractivity contribution is 5.28. The van der Waals surface area contributed by atoms with Gasteiger partial charge in [-0.15, -0.1) is 6.42 Å². The van der Waals surface area contributed by atoms with E-state index in [0.717, 1.165) is 5.56 Å². The van der Waals surface area contributed by atoms with Crippen molar-refractivity contribution in [3.63, 3.8) is 0 Å². The number of nitrogens with two attached hydrogens (primary N) is 1. The van der Waals surface area contributed by atoms with Gasteiger partial charge in [0.15, 0.2) is 0 Å². The van der Waals surface area contributed by atoms with E-state index >= 15 is 0 Å². The maximum Gasteiger partial charge on any atom is 0.0918 e. The van der Waals surface area contributed by atoms with E-state index in [1.807, 2.05) is 31.2 Å². The molecule has 0 aliphatic heterocycles. The molecule has 1 aromatic rings. The predicted octanol–water partition coefficient (Wildman–Crippen LogP) is 1.63. The van der Waals surface area contributed by atoms with Gasteiger partial charge in [-0.25, -0.2) is 0 Å².